The Morgan fingerprint density at radius 2 is 1.69 bits per heavy atom. The van der Waals surface area contributed by atoms with Crippen LogP contribution in [0, 0.1) is 17.3 Å². The van der Waals surface area contributed by atoms with Crippen LogP contribution in [0.3, 0.4) is 0 Å². The van der Waals surface area contributed by atoms with E-state index in [4.69, 9.17) is 0 Å². The molecule has 0 aliphatic heterocycles. The lowest BCUT2D eigenvalue weighted by Gasteiger charge is -2.07. The Hall–Kier alpha value is -1.76. The first kappa shape index (κ1) is 14.2. The minimum atomic E-state index is -0.651. The van der Waals surface area contributed by atoms with E-state index in [0.29, 0.717) is 0 Å². The van der Waals surface area contributed by atoms with Crippen molar-refractivity contribution in [1.82, 2.24) is 0 Å². The van der Waals surface area contributed by atoms with E-state index in [-0.39, 0.29) is 11.0 Å². The van der Waals surface area contributed by atoms with E-state index in [1.807, 2.05) is 20.8 Å². The molecule has 16 heavy (non-hydrogen) atoms. The molecule has 0 aliphatic rings. The Morgan fingerprint density at radius 1 is 1.12 bits per heavy atom. The second-order valence-electron chi connectivity index (χ2n) is 4.07. The molecule has 0 radical (unpaired) electrons. The summed E-state index contributed by atoms with van der Waals surface area (Å²) in [5.41, 5.74) is -0.271. The lowest BCUT2D eigenvalue weighted by Crippen LogP contribution is -2.08. The van der Waals surface area contributed by atoms with E-state index < -0.39 is 11.9 Å². The predicted octanol–water partition coefficient (Wildman–Crippen LogP) is 1.31. The maximum atomic E-state index is 11.3. The topological polar surface area (TPSA) is 52.6 Å². The molecule has 88 valence electrons. The zero-order chi connectivity index (χ0) is 12.8. The van der Waals surface area contributed by atoms with Crippen LogP contribution in [0.2, 0.25) is 0 Å². The van der Waals surface area contributed by atoms with Gasteiger partial charge in [-0.25, -0.2) is 9.59 Å². The van der Waals surface area contributed by atoms with Crippen molar-refractivity contribution in [1.29, 1.82) is 0 Å². The number of hydrogen-bond acceptors (Lipinski definition) is 4. The summed E-state index contributed by atoms with van der Waals surface area (Å²) in [4.78, 5) is 22.3. The monoisotopic (exact) mass is 224 g/mol. The summed E-state index contributed by atoms with van der Waals surface area (Å²) in [5, 5.41) is 0. The summed E-state index contributed by atoms with van der Waals surface area (Å²) in [6, 6.07) is 0. The first-order valence-corrected chi connectivity index (χ1v) is 4.71. The van der Waals surface area contributed by atoms with Crippen molar-refractivity contribution in [3.8, 4) is 11.8 Å². The summed E-state index contributed by atoms with van der Waals surface area (Å²) in [7, 11) is 2.46. The first-order valence-electron chi connectivity index (χ1n) is 4.71. The van der Waals surface area contributed by atoms with Crippen molar-refractivity contribution in [3.63, 3.8) is 0 Å². The molecule has 0 saturated heterocycles. The molecule has 4 heteroatoms. The summed E-state index contributed by atoms with van der Waals surface area (Å²) in [6.45, 7) is 5.69. The first-order chi connectivity index (χ1) is 7.30. The molecule has 0 spiro atoms. The van der Waals surface area contributed by atoms with Gasteiger partial charge in [-0.2, -0.15) is 0 Å². The van der Waals surface area contributed by atoms with Gasteiger partial charge >= 0.3 is 11.9 Å². The fourth-order valence-electron chi connectivity index (χ4n) is 0.688. The van der Waals surface area contributed by atoms with Gasteiger partial charge in [-0.15, -0.1) is 0 Å². The Kier molecular flexibility index (Phi) is 5.31. The SMILES string of the molecule is COC(=O)/C=C(/C#CC(C)(C)C)C(=O)OC. The standard InChI is InChI=1S/C12H16O4/c1-12(2,3)7-6-9(11(14)16-5)8-10(13)15-4/h8H,1-5H3/b9-8-. The molecule has 0 amide bonds. The average Bonchev–Trinajstić information content (AvgIpc) is 2.21. The smallest absolute Gasteiger partial charge is 0.346 e. The maximum absolute atomic E-state index is 11.3. The van der Waals surface area contributed by atoms with Gasteiger partial charge in [0.2, 0.25) is 0 Å². The number of hydrogen-bond donors (Lipinski definition) is 0. The number of methoxy groups -OCH3 is 2. The number of carbonyl (C=O) groups excluding carboxylic acids is 2. The van der Waals surface area contributed by atoms with Gasteiger partial charge < -0.3 is 9.47 Å². The lowest BCUT2D eigenvalue weighted by atomic mass is 9.97. The molecule has 0 bridgehead atoms. The van der Waals surface area contributed by atoms with E-state index in [0.717, 1.165) is 6.08 Å². The van der Waals surface area contributed by atoms with Crippen molar-refractivity contribution in [2.45, 2.75) is 20.8 Å². The van der Waals surface area contributed by atoms with Gasteiger partial charge in [0.05, 0.1) is 14.2 Å². The third kappa shape index (κ3) is 5.86. The molecule has 0 aromatic carbocycles. The quantitative estimate of drug-likeness (QED) is 0.403. The summed E-state index contributed by atoms with van der Waals surface area (Å²) < 4.78 is 8.92. The summed E-state index contributed by atoms with van der Waals surface area (Å²) >= 11 is 0. The highest BCUT2D eigenvalue weighted by molar-refractivity contribution is 6.00. The second kappa shape index (κ2) is 5.96. The van der Waals surface area contributed by atoms with Crippen LogP contribution in [0.4, 0.5) is 0 Å². The van der Waals surface area contributed by atoms with Gasteiger partial charge in [0.1, 0.15) is 5.57 Å². The van der Waals surface area contributed by atoms with E-state index in [9.17, 15) is 9.59 Å². The summed E-state index contributed by atoms with van der Waals surface area (Å²) in [5.74, 6) is 4.16. The number of carbonyl (C=O) groups is 2. The van der Waals surface area contributed by atoms with E-state index in [1.54, 1.807) is 0 Å². The largest absolute Gasteiger partial charge is 0.466 e. The van der Waals surface area contributed by atoms with E-state index in [1.165, 1.54) is 14.2 Å². The lowest BCUT2D eigenvalue weighted by molar-refractivity contribution is -0.138. The molecule has 0 heterocycles. The van der Waals surface area contributed by atoms with Gasteiger partial charge in [0, 0.05) is 11.5 Å². The Bertz CT molecular complexity index is 361. The van der Waals surface area contributed by atoms with Crippen LogP contribution >= 0.6 is 0 Å². The molecule has 0 aliphatic carbocycles. The highest BCUT2D eigenvalue weighted by atomic mass is 16.5. The molecule has 0 atom stereocenters. The van der Waals surface area contributed by atoms with Gasteiger partial charge in [-0.3, -0.25) is 0 Å². The summed E-state index contributed by atoms with van der Waals surface area (Å²) in [6.07, 6.45) is 1.02. The van der Waals surface area contributed by atoms with E-state index >= 15 is 0 Å². The van der Waals surface area contributed by atoms with Gasteiger partial charge in [-0.05, 0) is 20.8 Å². The molecule has 0 unspecified atom stereocenters. The predicted molar refractivity (Wildman–Crippen MR) is 59.3 cm³/mol. The van der Waals surface area contributed by atoms with Crippen molar-refractivity contribution in [2.24, 2.45) is 5.41 Å². The van der Waals surface area contributed by atoms with Crippen LogP contribution in [-0.2, 0) is 19.1 Å². The number of ether oxygens (including phenoxy) is 2. The molecular formula is C12H16O4. The Morgan fingerprint density at radius 3 is 2.06 bits per heavy atom. The number of rotatable bonds is 2. The Labute approximate surface area is 95.6 Å². The fraction of sp³-hybridized carbons (Fsp3) is 0.500. The molecule has 0 fully saturated rings. The fourth-order valence-corrected chi connectivity index (χ4v) is 0.688. The molecule has 0 saturated carbocycles. The van der Waals surface area contributed by atoms with Crippen LogP contribution in [0.1, 0.15) is 20.8 Å². The third-order valence-corrected chi connectivity index (χ3v) is 1.44. The average molecular weight is 224 g/mol. The highest BCUT2D eigenvalue weighted by Gasteiger charge is 2.11. The molecule has 0 N–H and O–H groups in total. The zero-order valence-electron chi connectivity index (χ0n) is 10.2. The Balaban J connectivity index is 5.10. The molecule has 0 aromatic rings. The third-order valence-electron chi connectivity index (χ3n) is 1.44. The minimum absolute atomic E-state index is 0.00993. The van der Waals surface area contributed by atoms with Crippen LogP contribution < -0.4 is 0 Å². The van der Waals surface area contributed by atoms with Crippen molar-refractivity contribution in [3.05, 3.63) is 11.6 Å². The highest BCUT2D eigenvalue weighted by Crippen LogP contribution is 2.11. The van der Waals surface area contributed by atoms with Gasteiger partial charge in [0.25, 0.3) is 0 Å². The van der Waals surface area contributed by atoms with E-state index in [2.05, 4.69) is 21.3 Å². The van der Waals surface area contributed by atoms with Crippen molar-refractivity contribution < 1.29 is 19.1 Å². The maximum Gasteiger partial charge on any atom is 0.346 e. The van der Waals surface area contributed by atoms with Gasteiger partial charge in [-0.1, -0.05) is 11.8 Å². The molecule has 0 aromatic heterocycles. The normalized spacial score (nSPS) is 11.2. The molecule has 4 nitrogen and oxygen atoms in total. The van der Waals surface area contributed by atoms with Crippen LogP contribution in [-0.4, -0.2) is 26.2 Å². The second-order valence-corrected chi connectivity index (χ2v) is 4.07. The molecular weight excluding hydrogens is 208 g/mol. The van der Waals surface area contributed by atoms with Crippen LogP contribution in [0.15, 0.2) is 11.6 Å². The number of esters is 2. The zero-order valence-corrected chi connectivity index (χ0v) is 10.2. The minimum Gasteiger partial charge on any atom is -0.466 e. The van der Waals surface area contributed by atoms with Crippen LogP contribution in [0.25, 0.3) is 0 Å². The van der Waals surface area contributed by atoms with Gasteiger partial charge in [0.15, 0.2) is 0 Å². The molecule has 0 rings (SSSR count). The van der Waals surface area contributed by atoms with Crippen LogP contribution in [0.5, 0.6) is 0 Å². The van der Waals surface area contributed by atoms with Crippen molar-refractivity contribution >= 4 is 11.9 Å². The van der Waals surface area contributed by atoms with Crippen molar-refractivity contribution in [2.75, 3.05) is 14.2 Å².